The van der Waals surface area contributed by atoms with E-state index in [-0.39, 0.29) is 24.9 Å². The van der Waals surface area contributed by atoms with E-state index in [0.29, 0.717) is 29.0 Å². The molecule has 0 N–H and O–H groups in total. The molecule has 0 saturated carbocycles. The molecule has 29 heavy (non-hydrogen) atoms. The van der Waals surface area contributed by atoms with Crippen LogP contribution < -0.4 is 14.5 Å². The largest absolute Gasteiger partial charge is 0.484 e. The molecule has 1 amide bonds. The normalized spacial score (nSPS) is 13.1. The standard InChI is InChI=1S/C19H16F2N4O3S/c20-13-6-7-16(15(21)10-13)28-11-17-22-23-19-25(17)24(8-9-29-19)18(26)12-27-14-4-2-1-3-5-14/h1-7,10H,8-9,11-12H2. The number of ether oxygens (including phenoxy) is 2. The molecule has 1 aliphatic rings. The van der Waals surface area contributed by atoms with Gasteiger partial charge in [0.15, 0.2) is 24.0 Å². The summed E-state index contributed by atoms with van der Waals surface area (Å²) in [5.74, 6) is -0.330. The molecule has 1 aliphatic heterocycles. The SMILES string of the molecule is O=C(COc1ccccc1)N1CCSc2nnc(COc3ccc(F)cc3F)n21. The molecule has 7 nitrogen and oxygen atoms in total. The van der Waals surface area contributed by atoms with Crippen molar-refractivity contribution in [2.75, 3.05) is 23.9 Å². The number of hydrogen-bond acceptors (Lipinski definition) is 6. The number of carbonyl (C=O) groups is 1. The zero-order valence-electron chi connectivity index (χ0n) is 15.1. The van der Waals surface area contributed by atoms with Gasteiger partial charge in [-0.1, -0.05) is 30.0 Å². The van der Waals surface area contributed by atoms with Crippen molar-refractivity contribution in [2.45, 2.75) is 11.8 Å². The first-order valence-corrected chi connectivity index (χ1v) is 9.74. The van der Waals surface area contributed by atoms with Gasteiger partial charge in [0.25, 0.3) is 5.91 Å². The summed E-state index contributed by atoms with van der Waals surface area (Å²) in [6, 6.07) is 12.1. The molecule has 4 rings (SSSR count). The van der Waals surface area contributed by atoms with E-state index in [1.165, 1.54) is 22.8 Å². The van der Waals surface area contributed by atoms with Gasteiger partial charge < -0.3 is 9.47 Å². The number of carbonyl (C=O) groups excluding carboxylic acids is 1. The number of nitrogens with zero attached hydrogens (tertiary/aromatic N) is 4. The summed E-state index contributed by atoms with van der Waals surface area (Å²) in [6.45, 7) is 0.142. The number of rotatable bonds is 6. The summed E-state index contributed by atoms with van der Waals surface area (Å²) >= 11 is 1.45. The van der Waals surface area contributed by atoms with Crippen LogP contribution in [0.15, 0.2) is 53.7 Å². The molecule has 150 valence electrons. The molecule has 0 spiro atoms. The van der Waals surface area contributed by atoms with Crippen molar-refractivity contribution in [3.8, 4) is 11.5 Å². The van der Waals surface area contributed by atoms with E-state index >= 15 is 0 Å². The Balaban J connectivity index is 1.47. The number of amides is 1. The van der Waals surface area contributed by atoms with Gasteiger partial charge in [0.1, 0.15) is 18.2 Å². The third-order valence-electron chi connectivity index (χ3n) is 4.10. The second kappa shape index (κ2) is 8.48. The van der Waals surface area contributed by atoms with Crippen LogP contribution in [0.2, 0.25) is 0 Å². The van der Waals surface area contributed by atoms with E-state index in [1.807, 2.05) is 18.2 Å². The minimum absolute atomic E-state index is 0.113. The molecule has 0 atom stereocenters. The van der Waals surface area contributed by atoms with Crippen LogP contribution in [-0.2, 0) is 11.4 Å². The van der Waals surface area contributed by atoms with E-state index < -0.39 is 11.6 Å². The average Bonchev–Trinajstić information content (AvgIpc) is 3.15. The highest BCUT2D eigenvalue weighted by molar-refractivity contribution is 7.99. The number of halogens is 2. The second-order valence-electron chi connectivity index (χ2n) is 6.04. The van der Waals surface area contributed by atoms with Crippen molar-refractivity contribution in [1.29, 1.82) is 0 Å². The molecule has 2 heterocycles. The predicted molar refractivity (Wildman–Crippen MR) is 101 cm³/mol. The lowest BCUT2D eigenvalue weighted by Crippen LogP contribution is -2.47. The highest BCUT2D eigenvalue weighted by Crippen LogP contribution is 2.24. The van der Waals surface area contributed by atoms with Gasteiger partial charge in [-0.15, -0.1) is 10.2 Å². The smallest absolute Gasteiger partial charge is 0.279 e. The second-order valence-corrected chi connectivity index (χ2v) is 7.10. The van der Waals surface area contributed by atoms with Gasteiger partial charge in [-0.3, -0.25) is 4.79 Å². The summed E-state index contributed by atoms with van der Waals surface area (Å²) in [7, 11) is 0. The third-order valence-corrected chi connectivity index (χ3v) is 5.00. The number of thioether (sulfide) groups is 1. The Kier molecular flexibility index (Phi) is 5.61. The van der Waals surface area contributed by atoms with Crippen LogP contribution in [0.25, 0.3) is 0 Å². The lowest BCUT2D eigenvalue weighted by molar-refractivity contribution is -0.122. The monoisotopic (exact) mass is 418 g/mol. The lowest BCUT2D eigenvalue weighted by atomic mass is 10.3. The first-order valence-electron chi connectivity index (χ1n) is 8.75. The third kappa shape index (κ3) is 4.32. The molecular formula is C19H16F2N4O3S. The Morgan fingerprint density at radius 3 is 2.72 bits per heavy atom. The zero-order chi connectivity index (χ0) is 20.2. The van der Waals surface area contributed by atoms with Crippen molar-refractivity contribution in [2.24, 2.45) is 0 Å². The van der Waals surface area contributed by atoms with Crippen molar-refractivity contribution in [3.05, 3.63) is 66.0 Å². The molecule has 2 aromatic carbocycles. The van der Waals surface area contributed by atoms with Gasteiger partial charge in [0.05, 0.1) is 6.54 Å². The number of hydrogen-bond donors (Lipinski definition) is 0. The molecule has 0 unspecified atom stereocenters. The van der Waals surface area contributed by atoms with Crippen molar-refractivity contribution < 1.29 is 23.0 Å². The number of aromatic nitrogens is 3. The van der Waals surface area contributed by atoms with Gasteiger partial charge in [-0.25, -0.2) is 18.5 Å². The summed E-state index contributed by atoms with van der Waals surface area (Å²) < 4.78 is 39.3. The highest BCUT2D eigenvalue weighted by atomic mass is 32.2. The molecule has 0 radical (unpaired) electrons. The Morgan fingerprint density at radius 1 is 1.10 bits per heavy atom. The summed E-state index contributed by atoms with van der Waals surface area (Å²) in [6.07, 6.45) is 0. The fourth-order valence-corrected chi connectivity index (χ4v) is 3.62. The first kappa shape index (κ1) is 19.2. The number of benzene rings is 2. The van der Waals surface area contributed by atoms with E-state index in [9.17, 15) is 13.6 Å². The molecule has 1 aromatic heterocycles. The van der Waals surface area contributed by atoms with Gasteiger partial charge in [0, 0.05) is 11.8 Å². The van der Waals surface area contributed by atoms with Crippen molar-refractivity contribution >= 4 is 17.7 Å². The quantitative estimate of drug-likeness (QED) is 0.613. The lowest BCUT2D eigenvalue weighted by Gasteiger charge is -2.29. The molecule has 0 fully saturated rings. The van der Waals surface area contributed by atoms with Gasteiger partial charge in [-0.05, 0) is 24.3 Å². The topological polar surface area (TPSA) is 69.5 Å². The van der Waals surface area contributed by atoms with E-state index in [2.05, 4.69) is 10.2 Å². The minimum atomic E-state index is -0.818. The Bertz CT molecular complexity index is 1020. The van der Waals surface area contributed by atoms with Gasteiger partial charge in [-0.2, -0.15) is 0 Å². The maximum Gasteiger partial charge on any atom is 0.279 e. The molecule has 0 bridgehead atoms. The van der Waals surface area contributed by atoms with Crippen LogP contribution >= 0.6 is 11.8 Å². The van der Waals surface area contributed by atoms with Crippen molar-refractivity contribution in [3.63, 3.8) is 0 Å². The predicted octanol–water partition coefficient (Wildman–Crippen LogP) is 2.78. The van der Waals surface area contributed by atoms with E-state index in [4.69, 9.17) is 9.47 Å². The molecule has 0 saturated heterocycles. The van der Waals surface area contributed by atoms with Crippen LogP contribution in [0.1, 0.15) is 5.82 Å². The van der Waals surface area contributed by atoms with Gasteiger partial charge in [0.2, 0.25) is 5.16 Å². The number of para-hydroxylation sites is 1. The molecular weight excluding hydrogens is 402 g/mol. The molecule has 0 aliphatic carbocycles. The van der Waals surface area contributed by atoms with Crippen LogP contribution in [0.4, 0.5) is 8.78 Å². The van der Waals surface area contributed by atoms with Crippen LogP contribution in [0, 0.1) is 11.6 Å². The summed E-state index contributed by atoms with van der Waals surface area (Å²) in [5.41, 5.74) is 0. The molecule has 10 heteroatoms. The Hall–Kier alpha value is -3.14. The van der Waals surface area contributed by atoms with Crippen molar-refractivity contribution in [1.82, 2.24) is 14.9 Å². The summed E-state index contributed by atoms with van der Waals surface area (Å²) in [5, 5.41) is 10.1. The maximum atomic E-state index is 13.8. The minimum Gasteiger partial charge on any atom is -0.484 e. The Labute approximate surface area is 169 Å². The van der Waals surface area contributed by atoms with Crippen LogP contribution in [0.3, 0.4) is 0 Å². The van der Waals surface area contributed by atoms with Crippen LogP contribution in [0.5, 0.6) is 11.5 Å². The van der Waals surface area contributed by atoms with Crippen LogP contribution in [-0.4, -0.2) is 39.7 Å². The maximum absolute atomic E-state index is 13.8. The van der Waals surface area contributed by atoms with E-state index in [1.54, 1.807) is 16.8 Å². The fraction of sp³-hybridized carbons (Fsp3) is 0.211. The van der Waals surface area contributed by atoms with E-state index in [0.717, 1.165) is 12.1 Å². The van der Waals surface area contributed by atoms with Gasteiger partial charge >= 0.3 is 0 Å². The molecule has 3 aromatic rings. The fourth-order valence-electron chi connectivity index (χ4n) is 2.75. The number of fused-ring (bicyclic) bond motifs is 1. The summed E-state index contributed by atoms with van der Waals surface area (Å²) in [4.78, 5) is 12.7. The first-order chi connectivity index (χ1) is 14.1. The highest BCUT2D eigenvalue weighted by Gasteiger charge is 2.28. The zero-order valence-corrected chi connectivity index (χ0v) is 15.9. The average molecular weight is 418 g/mol. The Morgan fingerprint density at radius 2 is 1.93 bits per heavy atom.